The molecule has 0 saturated carbocycles. The zero-order valence-corrected chi connectivity index (χ0v) is 28.0. The topological polar surface area (TPSA) is 114 Å². The van der Waals surface area contributed by atoms with Crippen LogP contribution in [0.3, 0.4) is 0 Å². The van der Waals surface area contributed by atoms with E-state index in [0.29, 0.717) is 58.1 Å². The number of methoxy groups -OCH3 is 1. The van der Waals surface area contributed by atoms with Crippen LogP contribution in [-0.4, -0.2) is 91.9 Å². The maximum absolute atomic E-state index is 13.5. The maximum Gasteiger partial charge on any atom is 0.253 e. The van der Waals surface area contributed by atoms with Crippen molar-refractivity contribution in [1.82, 2.24) is 19.8 Å². The SMILES string of the molecule is COc1cc(C(=O)N2CCC(N3CCOCC3)CC2)ccc1Cc1nc2c(c(Nc3ccccc3S(=O)(=O)C(C)C)n1)C(Cl)=CC2. The van der Waals surface area contributed by atoms with E-state index in [1.807, 2.05) is 23.1 Å². The highest BCUT2D eigenvalue weighted by atomic mass is 35.5. The van der Waals surface area contributed by atoms with Crippen molar-refractivity contribution in [3.05, 3.63) is 76.7 Å². The van der Waals surface area contributed by atoms with Gasteiger partial charge in [-0.3, -0.25) is 9.69 Å². The largest absolute Gasteiger partial charge is 0.496 e. The van der Waals surface area contributed by atoms with Crippen LogP contribution >= 0.6 is 11.6 Å². The number of aromatic nitrogens is 2. The number of allylic oxidation sites excluding steroid dienone is 1. The fraction of sp³-hybridized carbons (Fsp3) is 0.441. The number of carbonyl (C=O) groups excluding carboxylic acids is 1. The second-order valence-electron chi connectivity index (χ2n) is 12.2. The van der Waals surface area contributed by atoms with Crippen molar-refractivity contribution >= 4 is 43.9 Å². The molecular weight excluding hydrogens is 626 g/mol. The molecule has 1 aromatic heterocycles. The number of anilines is 2. The molecule has 2 aromatic carbocycles. The second kappa shape index (κ2) is 13.7. The molecule has 0 unspecified atom stereocenters. The van der Waals surface area contributed by atoms with E-state index in [1.165, 1.54) is 0 Å². The molecule has 1 amide bonds. The zero-order chi connectivity index (χ0) is 32.4. The lowest BCUT2D eigenvalue weighted by Gasteiger charge is -2.40. The summed E-state index contributed by atoms with van der Waals surface area (Å²) in [6.07, 6.45) is 4.67. The van der Waals surface area contributed by atoms with Gasteiger partial charge >= 0.3 is 0 Å². The quantitative estimate of drug-likeness (QED) is 0.335. The first kappa shape index (κ1) is 32.4. The summed E-state index contributed by atoms with van der Waals surface area (Å²) in [5.41, 5.74) is 3.26. The number of hydrogen-bond acceptors (Lipinski definition) is 9. The van der Waals surface area contributed by atoms with Gasteiger partial charge in [0.1, 0.15) is 17.4 Å². The van der Waals surface area contributed by atoms with Crippen molar-refractivity contribution in [2.45, 2.75) is 55.7 Å². The molecule has 2 fully saturated rings. The molecule has 10 nitrogen and oxygen atoms in total. The number of hydrogen-bond donors (Lipinski definition) is 1. The molecule has 244 valence electrons. The van der Waals surface area contributed by atoms with E-state index < -0.39 is 15.1 Å². The summed E-state index contributed by atoms with van der Waals surface area (Å²) in [5, 5.41) is 3.19. The molecule has 0 radical (unpaired) electrons. The summed E-state index contributed by atoms with van der Waals surface area (Å²) in [7, 11) is -1.97. The number of piperidine rings is 1. The van der Waals surface area contributed by atoms with Gasteiger partial charge in [0.15, 0.2) is 9.84 Å². The number of halogens is 1. The minimum absolute atomic E-state index is 0.00118. The molecule has 1 N–H and O–H groups in total. The highest BCUT2D eigenvalue weighted by molar-refractivity contribution is 7.92. The van der Waals surface area contributed by atoms with Crippen molar-refractivity contribution in [1.29, 1.82) is 0 Å². The number of nitrogens with zero attached hydrogens (tertiary/aromatic N) is 4. The van der Waals surface area contributed by atoms with Gasteiger partial charge in [0, 0.05) is 61.2 Å². The number of amides is 1. The van der Waals surface area contributed by atoms with E-state index in [4.69, 9.17) is 31.0 Å². The van der Waals surface area contributed by atoms with Crippen molar-refractivity contribution in [2.24, 2.45) is 0 Å². The van der Waals surface area contributed by atoms with Crippen molar-refractivity contribution in [3.63, 3.8) is 0 Å². The van der Waals surface area contributed by atoms with E-state index in [-0.39, 0.29) is 10.8 Å². The molecule has 2 saturated heterocycles. The third-order valence-electron chi connectivity index (χ3n) is 9.01. The lowest BCUT2D eigenvalue weighted by molar-refractivity contribution is 0.00158. The Labute approximate surface area is 275 Å². The Balaban J connectivity index is 1.22. The Morgan fingerprint density at radius 3 is 2.54 bits per heavy atom. The van der Waals surface area contributed by atoms with Crippen LogP contribution in [0.25, 0.3) is 5.03 Å². The number of nitrogens with one attached hydrogen (secondary N) is 1. The van der Waals surface area contributed by atoms with Gasteiger partial charge in [0.2, 0.25) is 0 Å². The van der Waals surface area contributed by atoms with Crippen LogP contribution in [0.15, 0.2) is 53.4 Å². The number of rotatable bonds is 9. The van der Waals surface area contributed by atoms with Gasteiger partial charge in [-0.05, 0) is 51.0 Å². The van der Waals surface area contributed by atoms with E-state index in [9.17, 15) is 13.2 Å². The van der Waals surface area contributed by atoms with Gasteiger partial charge in [-0.25, -0.2) is 18.4 Å². The average molecular weight is 666 g/mol. The number of sulfone groups is 1. The number of benzene rings is 2. The summed E-state index contributed by atoms with van der Waals surface area (Å²) in [6.45, 7) is 8.24. The molecule has 2 aliphatic heterocycles. The number of para-hydroxylation sites is 1. The predicted molar refractivity (Wildman–Crippen MR) is 179 cm³/mol. The van der Waals surface area contributed by atoms with Gasteiger partial charge in [-0.15, -0.1) is 0 Å². The van der Waals surface area contributed by atoms with Crippen molar-refractivity contribution in [2.75, 3.05) is 51.8 Å². The zero-order valence-electron chi connectivity index (χ0n) is 26.5. The molecule has 0 bridgehead atoms. The number of carbonyl (C=O) groups is 1. The Bertz CT molecular complexity index is 1750. The molecule has 6 rings (SSSR count). The number of fused-ring (bicyclic) bond motifs is 1. The van der Waals surface area contributed by atoms with Crippen LogP contribution in [0.4, 0.5) is 11.5 Å². The van der Waals surface area contributed by atoms with Gasteiger partial charge in [-0.2, -0.15) is 0 Å². The Morgan fingerprint density at radius 2 is 1.83 bits per heavy atom. The van der Waals surface area contributed by atoms with Gasteiger partial charge < -0.3 is 19.7 Å². The van der Waals surface area contributed by atoms with Crippen molar-refractivity contribution < 1.29 is 22.7 Å². The number of likely N-dealkylation sites (tertiary alicyclic amines) is 1. The molecule has 1 aliphatic carbocycles. The van der Waals surface area contributed by atoms with Gasteiger partial charge in [0.05, 0.1) is 47.4 Å². The minimum Gasteiger partial charge on any atom is -0.496 e. The van der Waals surface area contributed by atoms with E-state index >= 15 is 0 Å². The normalized spacial score (nSPS) is 17.6. The first-order valence-electron chi connectivity index (χ1n) is 15.8. The summed E-state index contributed by atoms with van der Waals surface area (Å²) < 4.78 is 37.5. The molecule has 12 heteroatoms. The second-order valence-corrected chi connectivity index (χ2v) is 15.0. The maximum atomic E-state index is 13.5. The number of ether oxygens (including phenoxy) is 2. The monoisotopic (exact) mass is 665 g/mol. The average Bonchev–Trinajstić information content (AvgIpc) is 3.45. The third kappa shape index (κ3) is 6.64. The van der Waals surface area contributed by atoms with E-state index in [0.717, 1.165) is 63.5 Å². The molecule has 0 spiro atoms. The van der Waals surface area contributed by atoms with Crippen molar-refractivity contribution in [3.8, 4) is 5.75 Å². The molecule has 0 atom stereocenters. The molecule has 3 aliphatic rings. The standard InChI is InChI=1S/C34H40ClN5O5S/c1-22(2)46(42,43)30-7-5-4-6-27(30)37-33-32-26(35)10-11-28(32)36-31(38-33)21-23-8-9-24(20-29(23)44-3)34(41)40-14-12-25(13-15-40)39-16-18-45-19-17-39/h4-10,20,22,25H,11-19,21H2,1-3H3,(H,36,37,38). The fourth-order valence-corrected chi connectivity index (χ4v) is 7.85. The van der Waals surface area contributed by atoms with Crippen LogP contribution < -0.4 is 10.1 Å². The number of morpholine rings is 1. The molecule has 46 heavy (non-hydrogen) atoms. The third-order valence-corrected chi connectivity index (χ3v) is 11.6. The molecular formula is C34H40ClN5O5S. The Hall–Kier alpha value is -3.51. The predicted octanol–water partition coefficient (Wildman–Crippen LogP) is 5.07. The highest BCUT2D eigenvalue weighted by Gasteiger charge is 2.29. The Morgan fingerprint density at radius 1 is 1.09 bits per heavy atom. The first-order chi connectivity index (χ1) is 22.2. The lowest BCUT2D eigenvalue weighted by Crippen LogP contribution is -2.50. The van der Waals surface area contributed by atoms with Crippen LogP contribution in [-0.2, 0) is 27.4 Å². The van der Waals surface area contributed by atoms with E-state index in [1.54, 1.807) is 51.3 Å². The summed E-state index contributed by atoms with van der Waals surface area (Å²) in [4.78, 5) is 27.7. The van der Waals surface area contributed by atoms with Crippen LogP contribution in [0.5, 0.6) is 5.75 Å². The molecule has 3 aromatic rings. The summed E-state index contributed by atoms with van der Waals surface area (Å²) in [5.74, 6) is 1.54. The fourth-order valence-electron chi connectivity index (χ4n) is 6.37. The van der Waals surface area contributed by atoms with Crippen LogP contribution in [0, 0.1) is 0 Å². The van der Waals surface area contributed by atoms with Gasteiger partial charge in [-0.1, -0.05) is 35.9 Å². The minimum atomic E-state index is -3.56. The highest BCUT2D eigenvalue weighted by Crippen LogP contribution is 2.37. The summed E-state index contributed by atoms with van der Waals surface area (Å²) >= 11 is 6.57. The summed E-state index contributed by atoms with van der Waals surface area (Å²) in [6, 6.07) is 12.8. The molecule has 3 heterocycles. The van der Waals surface area contributed by atoms with Crippen LogP contribution in [0.2, 0.25) is 0 Å². The van der Waals surface area contributed by atoms with Crippen LogP contribution in [0.1, 0.15) is 59.7 Å². The first-order valence-corrected chi connectivity index (χ1v) is 17.7. The lowest BCUT2D eigenvalue weighted by atomic mass is 10.0. The smallest absolute Gasteiger partial charge is 0.253 e. The Kier molecular flexibility index (Phi) is 9.65. The van der Waals surface area contributed by atoms with E-state index in [2.05, 4.69) is 10.2 Å². The van der Waals surface area contributed by atoms with Gasteiger partial charge in [0.25, 0.3) is 5.91 Å².